The SMILES string of the molecule is c1ccc(N(c2ccccc2)c2cc3c4c(c2)-n2c5ccc6ccccc6c5c5c6ccccc6cc(c52)B4c2ccc4c5c6c7c(cccc7ccc6n-3c25)-c2ccccc2-4)cc1. The summed E-state index contributed by atoms with van der Waals surface area (Å²) < 4.78 is 5.30. The van der Waals surface area contributed by atoms with Crippen molar-refractivity contribution < 1.29 is 0 Å². The summed E-state index contributed by atoms with van der Waals surface area (Å²) in [5, 5.41) is 13.1. The Hall–Kier alpha value is -8.34. The van der Waals surface area contributed by atoms with E-state index in [1.165, 1.54) is 126 Å². The Labute approximate surface area is 368 Å². The molecule has 0 radical (unpaired) electrons. The highest BCUT2D eigenvalue weighted by molar-refractivity contribution is 7.00. The molecule has 0 fully saturated rings. The zero-order chi connectivity index (χ0) is 41.4. The van der Waals surface area contributed by atoms with Crippen LogP contribution in [0.25, 0.3) is 110 Å². The Balaban J connectivity index is 1.16. The maximum Gasteiger partial charge on any atom is 0.252 e. The van der Waals surface area contributed by atoms with Crippen LogP contribution in [-0.2, 0) is 0 Å². The van der Waals surface area contributed by atoms with Gasteiger partial charge in [-0.05, 0) is 119 Å². The summed E-state index contributed by atoms with van der Waals surface area (Å²) in [7, 11) is 0. The molecule has 11 aromatic carbocycles. The topological polar surface area (TPSA) is 13.1 Å². The minimum atomic E-state index is -0.00812. The molecule has 4 heterocycles. The molecule has 0 bridgehead atoms. The van der Waals surface area contributed by atoms with E-state index in [4.69, 9.17) is 0 Å². The normalized spacial score (nSPS) is 13.0. The Morgan fingerprint density at radius 2 is 0.875 bits per heavy atom. The Bertz CT molecular complexity index is 4220. The van der Waals surface area contributed by atoms with Crippen molar-refractivity contribution in [3.8, 4) is 33.6 Å². The molecule has 3 nitrogen and oxygen atoms in total. The van der Waals surface area contributed by atoms with Crippen LogP contribution >= 0.6 is 0 Å². The lowest BCUT2D eigenvalue weighted by Crippen LogP contribution is -2.59. The minimum absolute atomic E-state index is 0.00812. The molecule has 4 heteroatoms. The van der Waals surface area contributed by atoms with Crippen molar-refractivity contribution in [3.63, 3.8) is 0 Å². The lowest BCUT2D eigenvalue weighted by molar-refractivity contribution is 1.13. The third-order valence-electron chi connectivity index (χ3n) is 14.9. The van der Waals surface area contributed by atoms with E-state index in [1.807, 2.05) is 0 Å². The maximum atomic E-state index is 2.66. The number of fused-ring (bicyclic) bond motifs is 15. The van der Waals surface area contributed by atoms with Gasteiger partial charge in [0.1, 0.15) is 0 Å². The predicted molar refractivity (Wildman–Crippen MR) is 271 cm³/mol. The molecule has 0 unspecified atom stereocenters. The zero-order valence-electron chi connectivity index (χ0n) is 34.5. The van der Waals surface area contributed by atoms with Crippen molar-refractivity contribution in [1.29, 1.82) is 0 Å². The number of anilines is 3. The molecular weight excluding hydrogens is 773 g/mol. The van der Waals surface area contributed by atoms with Crippen LogP contribution in [0.15, 0.2) is 206 Å². The fraction of sp³-hybridized carbons (Fsp3) is 0. The second kappa shape index (κ2) is 11.8. The second-order valence-electron chi connectivity index (χ2n) is 17.9. The summed E-state index contributed by atoms with van der Waals surface area (Å²) >= 11 is 0. The first kappa shape index (κ1) is 33.3. The number of nitrogens with zero attached hydrogens (tertiary/aromatic N) is 3. The van der Waals surface area contributed by atoms with Crippen LogP contribution < -0.4 is 21.3 Å². The molecule has 2 aliphatic heterocycles. The van der Waals surface area contributed by atoms with Crippen molar-refractivity contribution >= 4 is 116 Å². The van der Waals surface area contributed by atoms with E-state index in [0.29, 0.717) is 0 Å². The van der Waals surface area contributed by atoms with Crippen LogP contribution in [0.2, 0.25) is 0 Å². The fourth-order valence-electron chi connectivity index (χ4n) is 12.5. The highest BCUT2D eigenvalue weighted by Crippen LogP contribution is 2.51. The largest absolute Gasteiger partial charge is 0.310 e. The summed E-state index contributed by atoms with van der Waals surface area (Å²) in [6.45, 7) is -0.00812. The zero-order valence-corrected chi connectivity index (χ0v) is 34.5. The number of rotatable bonds is 3. The van der Waals surface area contributed by atoms with Gasteiger partial charge in [0.2, 0.25) is 0 Å². The molecule has 0 saturated carbocycles. The lowest BCUT2D eigenvalue weighted by atomic mass is 9.34. The first-order valence-corrected chi connectivity index (χ1v) is 22.4. The smallest absolute Gasteiger partial charge is 0.252 e. The number of hydrogen-bond donors (Lipinski definition) is 0. The van der Waals surface area contributed by atoms with Gasteiger partial charge in [0.05, 0.1) is 27.8 Å². The quantitative estimate of drug-likeness (QED) is 0.162. The molecule has 0 saturated heterocycles. The van der Waals surface area contributed by atoms with Crippen LogP contribution in [0.1, 0.15) is 0 Å². The number of benzene rings is 11. The molecule has 13 aromatic rings. The molecule has 0 amide bonds. The van der Waals surface area contributed by atoms with Crippen LogP contribution in [0.3, 0.4) is 0 Å². The highest BCUT2D eigenvalue weighted by atomic mass is 15.2. The summed E-state index contributed by atoms with van der Waals surface area (Å²) in [4.78, 5) is 2.45. The average molecular weight is 808 g/mol. The molecule has 0 spiro atoms. The molecule has 1 aliphatic carbocycles. The van der Waals surface area contributed by atoms with Crippen LogP contribution in [0.5, 0.6) is 0 Å². The number of para-hydroxylation sites is 2. The van der Waals surface area contributed by atoms with E-state index in [0.717, 1.165) is 17.1 Å². The van der Waals surface area contributed by atoms with E-state index in [2.05, 4.69) is 220 Å². The third-order valence-corrected chi connectivity index (χ3v) is 14.9. The van der Waals surface area contributed by atoms with E-state index < -0.39 is 0 Å². The fourth-order valence-corrected chi connectivity index (χ4v) is 12.5. The first-order chi connectivity index (χ1) is 31.8. The van der Waals surface area contributed by atoms with Crippen LogP contribution in [0, 0.1) is 0 Å². The monoisotopic (exact) mass is 807 g/mol. The van der Waals surface area contributed by atoms with Gasteiger partial charge in [-0.15, -0.1) is 0 Å². The van der Waals surface area contributed by atoms with E-state index in [9.17, 15) is 0 Å². The van der Waals surface area contributed by atoms with E-state index in [-0.39, 0.29) is 6.71 Å². The predicted octanol–water partition coefficient (Wildman–Crippen LogP) is 13.6. The van der Waals surface area contributed by atoms with Gasteiger partial charge >= 0.3 is 0 Å². The Morgan fingerprint density at radius 1 is 0.328 bits per heavy atom. The molecule has 64 heavy (non-hydrogen) atoms. The van der Waals surface area contributed by atoms with Gasteiger partial charge in [0, 0.05) is 44.3 Å². The number of hydrogen-bond acceptors (Lipinski definition) is 1. The Morgan fingerprint density at radius 3 is 1.59 bits per heavy atom. The van der Waals surface area contributed by atoms with Crippen LogP contribution in [0.4, 0.5) is 17.1 Å². The molecular formula is C60H34BN3. The molecule has 0 atom stereocenters. The second-order valence-corrected chi connectivity index (χ2v) is 17.9. The standard InChI is InChI=1S/C60H34BN3/c1-3-17-38(18-4-1)62(39-19-5-2-6-20-39)40-33-51-58-52(34-40)64-50-31-27-36-16-13-25-45-43-23-11-12-24-44(43)46-28-29-47(59(64)56(46)57(50)53(36)45)61(58)48-32-37-15-8-10-22-42(37)55-54-41-21-9-7-14-35(41)26-30-49(54)63(51)60(48)55/h1-34H. The Kier molecular flexibility index (Phi) is 6.12. The van der Waals surface area contributed by atoms with Crippen molar-refractivity contribution in [3.05, 3.63) is 206 Å². The van der Waals surface area contributed by atoms with Crippen molar-refractivity contribution in [2.24, 2.45) is 0 Å². The summed E-state index contributed by atoms with van der Waals surface area (Å²) in [5.74, 6) is 0. The first-order valence-electron chi connectivity index (χ1n) is 22.4. The molecule has 16 rings (SSSR count). The van der Waals surface area contributed by atoms with Gasteiger partial charge in [-0.3, -0.25) is 0 Å². The van der Waals surface area contributed by atoms with Gasteiger partial charge in [0.15, 0.2) is 0 Å². The van der Waals surface area contributed by atoms with Gasteiger partial charge in [-0.2, -0.15) is 0 Å². The van der Waals surface area contributed by atoms with Crippen molar-refractivity contribution in [1.82, 2.24) is 9.13 Å². The molecule has 292 valence electrons. The molecule has 3 aliphatic rings. The van der Waals surface area contributed by atoms with Gasteiger partial charge in [0.25, 0.3) is 6.71 Å². The highest BCUT2D eigenvalue weighted by Gasteiger charge is 2.43. The van der Waals surface area contributed by atoms with Gasteiger partial charge in [-0.25, -0.2) is 0 Å². The van der Waals surface area contributed by atoms with Gasteiger partial charge < -0.3 is 14.0 Å². The van der Waals surface area contributed by atoms with E-state index >= 15 is 0 Å². The lowest BCUT2D eigenvalue weighted by Gasteiger charge is -2.36. The van der Waals surface area contributed by atoms with Gasteiger partial charge in [-0.1, -0.05) is 158 Å². The minimum Gasteiger partial charge on any atom is -0.310 e. The number of aromatic nitrogens is 2. The van der Waals surface area contributed by atoms with E-state index in [1.54, 1.807) is 0 Å². The maximum absolute atomic E-state index is 2.66. The summed E-state index contributed by atoms with van der Waals surface area (Å²) in [6.07, 6.45) is 0. The third kappa shape index (κ3) is 3.97. The summed E-state index contributed by atoms with van der Waals surface area (Å²) in [6, 6.07) is 77.6. The molecule has 2 aromatic heterocycles. The summed E-state index contributed by atoms with van der Waals surface area (Å²) in [5.41, 5.74) is 20.2. The van der Waals surface area contributed by atoms with Crippen molar-refractivity contribution in [2.45, 2.75) is 0 Å². The average Bonchev–Trinajstić information content (AvgIpc) is 3.86. The van der Waals surface area contributed by atoms with Crippen molar-refractivity contribution in [2.75, 3.05) is 4.90 Å². The molecule has 0 N–H and O–H groups in total. The van der Waals surface area contributed by atoms with Crippen LogP contribution in [-0.4, -0.2) is 15.8 Å².